The summed E-state index contributed by atoms with van der Waals surface area (Å²) in [7, 11) is -3.61. The second-order valence-electron chi connectivity index (χ2n) is 6.91. The lowest BCUT2D eigenvalue weighted by atomic mass is 9.88. The van der Waals surface area contributed by atoms with E-state index < -0.39 is 10.0 Å². The Morgan fingerprint density at radius 1 is 1.18 bits per heavy atom. The molecule has 0 heterocycles. The number of carbonyl (C=O) groups is 1. The van der Waals surface area contributed by atoms with E-state index in [0.29, 0.717) is 18.0 Å². The summed E-state index contributed by atoms with van der Waals surface area (Å²) in [5.74, 6) is 0.337. The number of hydrogen-bond donors (Lipinski definition) is 1. The van der Waals surface area contributed by atoms with Gasteiger partial charge >= 0.3 is 0 Å². The molecule has 0 saturated carbocycles. The summed E-state index contributed by atoms with van der Waals surface area (Å²) in [4.78, 5) is 12.7. The van der Waals surface area contributed by atoms with Crippen molar-refractivity contribution in [3.8, 4) is 5.75 Å². The first-order chi connectivity index (χ1) is 13.4. The summed E-state index contributed by atoms with van der Waals surface area (Å²) in [6.07, 6.45) is 3.96. The number of anilines is 1. The number of nitrogens with one attached hydrogen (secondary N) is 1. The van der Waals surface area contributed by atoms with Crippen LogP contribution in [0.3, 0.4) is 0 Å². The van der Waals surface area contributed by atoms with E-state index in [-0.39, 0.29) is 18.5 Å². The highest BCUT2D eigenvalue weighted by Crippen LogP contribution is 2.29. The molecule has 28 heavy (non-hydrogen) atoms. The van der Waals surface area contributed by atoms with E-state index >= 15 is 0 Å². The molecule has 6 nitrogen and oxygen atoms in total. The molecule has 1 aliphatic carbocycles. The molecule has 2 aromatic carbocycles. The fourth-order valence-electron chi connectivity index (χ4n) is 3.55. The Kier molecular flexibility index (Phi) is 6.24. The minimum atomic E-state index is -3.61. The average molecular weight is 403 g/mol. The molecule has 0 unspecified atom stereocenters. The monoisotopic (exact) mass is 402 g/mol. The fraction of sp³-hybridized carbons (Fsp3) is 0.381. The SMILES string of the molecule is CCOc1ccc(N(CC(=O)N[C@@H]2CCCc3ccccc32)S(C)(=O)=O)cc1. The van der Waals surface area contributed by atoms with Crippen LogP contribution in [0.4, 0.5) is 5.69 Å². The van der Waals surface area contributed by atoms with Crippen LogP contribution in [-0.4, -0.2) is 33.7 Å². The smallest absolute Gasteiger partial charge is 0.241 e. The van der Waals surface area contributed by atoms with Gasteiger partial charge in [0.15, 0.2) is 0 Å². The van der Waals surface area contributed by atoms with Crippen LogP contribution in [0.2, 0.25) is 0 Å². The van der Waals surface area contributed by atoms with Crippen LogP contribution in [0.15, 0.2) is 48.5 Å². The highest BCUT2D eigenvalue weighted by Gasteiger charge is 2.25. The van der Waals surface area contributed by atoms with Crippen molar-refractivity contribution in [2.45, 2.75) is 32.2 Å². The Balaban J connectivity index is 1.74. The summed E-state index contributed by atoms with van der Waals surface area (Å²) >= 11 is 0. The second-order valence-corrected chi connectivity index (χ2v) is 8.81. The molecule has 150 valence electrons. The minimum Gasteiger partial charge on any atom is -0.494 e. The van der Waals surface area contributed by atoms with Crippen LogP contribution < -0.4 is 14.4 Å². The molecule has 0 bridgehead atoms. The van der Waals surface area contributed by atoms with Crippen molar-refractivity contribution in [1.29, 1.82) is 0 Å². The Labute approximate surface area is 166 Å². The van der Waals surface area contributed by atoms with Crippen LogP contribution in [0.25, 0.3) is 0 Å². The quantitative estimate of drug-likeness (QED) is 0.772. The number of rotatable bonds is 7. The van der Waals surface area contributed by atoms with Crippen LogP contribution in [0.5, 0.6) is 5.75 Å². The summed E-state index contributed by atoms with van der Waals surface area (Å²) < 4.78 is 31.1. The molecule has 0 saturated heterocycles. The van der Waals surface area contributed by atoms with E-state index in [2.05, 4.69) is 11.4 Å². The largest absolute Gasteiger partial charge is 0.494 e. The molecular formula is C21H26N2O4S. The Morgan fingerprint density at radius 3 is 2.57 bits per heavy atom. The Hall–Kier alpha value is -2.54. The number of amides is 1. The van der Waals surface area contributed by atoms with Gasteiger partial charge in [0.05, 0.1) is 24.6 Å². The van der Waals surface area contributed by atoms with Gasteiger partial charge in [-0.05, 0) is 61.6 Å². The third-order valence-corrected chi connectivity index (χ3v) is 5.97. The van der Waals surface area contributed by atoms with E-state index in [4.69, 9.17) is 4.74 Å². The molecule has 0 radical (unpaired) electrons. The summed E-state index contributed by atoms with van der Waals surface area (Å²) in [6, 6.07) is 14.7. The maximum atomic E-state index is 12.7. The average Bonchev–Trinajstić information content (AvgIpc) is 2.67. The minimum absolute atomic E-state index is 0.0841. The highest BCUT2D eigenvalue weighted by molar-refractivity contribution is 7.92. The van der Waals surface area contributed by atoms with Crippen molar-refractivity contribution in [2.24, 2.45) is 0 Å². The van der Waals surface area contributed by atoms with Gasteiger partial charge in [0.1, 0.15) is 12.3 Å². The van der Waals surface area contributed by atoms with E-state index in [1.807, 2.05) is 25.1 Å². The maximum absolute atomic E-state index is 12.7. The third-order valence-electron chi connectivity index (χ3n) is 4.83. The first-order valence-electron chi connectivity index (χ1n) is 9.46. The molecule has 1 aliphatic rings. The number of fused-ring (bicyclic) bond motifs is 1. The zero-order valence-corrected chi connectivity index (χ0v) is 17.0. The molecule has 0 aromatic heterocycles. The standard InChI is InChI=1S/C21H26N2O4S/c1-3-27-18-13-11-17(12-14-18)23(28(2,25)26)15-21(24)22-20-10-6-8-16-7-4-5-9-19(16)20/h4-5,7,9,11-14,20H,3,6,8,10,15H2,1-2H3,(H,22,24)/t20-/m1/s1. The lowest BCUT2D eigenvalue weighted by molar-refractivity contribution is -0.120. The summed E-state index contributed by atoms with van der Waals surface area (Å²) in [6.45, 7) is 2.15. The number of carbonyl (C=O) groups excluding carboxylic acids is 1. The van der Waals surface area contributed by atoms with Crippen molar-refractivity contribution in [3.63, 3.8) is 0 Å². The molecule has 0 spiro atoms. The fourth-order valence-corrected chi connectivity index (χ4v) is 4.41. The van der Waals surface area contributed by atoms with Crippen molar-refractivity contribution in [3.05, 3.63) is 59.7 Å². The molecule has 0 fully saturated rings. The number of hydrogen-bond acceptors (Lipinski definition) is 4. The number of benzene rings is 2. The van der Waals surface area contributed by atoms with Crippen LogP contribution in [0, 0.1) is 0 Å². The number of sulfonamides is 1. The van der Waals surface area contributed by atoms with E-state index in [0.717, 1.165) is 35.4 Å². The summed E-state index contributed by atoms with van der Waals surface area (Å²) in [5.41, 5.74) is 2.80. The van der Waals surface area contributed by atoms with Crippen LogP contribution in [0.1, 0.15) is 36.9 Å². The normalized spacial score (nSPS) is 16.1. The van der Waals surface area contributed by atoms with Crippen molar-refractivity contribution >= 4 is 21.6 Å². The predicted molar refractivity (Wildman–Crippen MR) is 110 cm³/mol. The predicted octanol–water partition coefficient (Wildman–Crippen LogP) is 3.05. The molecule has 3 rings (SSSR count). The first kappa shape index (κ1) is 20.2. The van der Waals surface area contributed by atoms with Crippen molar-refractivity contribution < 1.29 is 17.9 Å². The van der Waals surface area contributed by atoms with Gasteiger partial charge in [-0.25, -0.2) is 8.42 Å². The van der Waals surface area contributed by atoms with Crippen molar-refractivity contribution in [1.82, 2.24) is 5.32 Å². The number of aryl methyl sites for hydroxylation is 1. The van der Waals surface area contributed by atoms with Gasteiger partial charge in [-0.2, -0.15) is 0 Å². The molecule has 1 amide bonds. The Morgan fingerprint density at radius 2 is 1.89 bits per heavy atom. The molecule has 0 aliphatic heterocycles. The van der Waals surface area contributed by atoms with Crippen LogP contribution >= 0.6 is 0 Å². The molecule has 1 N–H and O–H groups in total. The zero-order valence-electron chi connectivity index (χ0n) is 16.2. The molecule has 1 atom stereocenters. The van der Waals surface area contributed by atoms with E-state index in [9.17, 15) is 13.2 Å². The van der Waals surface area contributed by atoms with E-state index in [1.54, 1.807) is 24.3 Å². The molecule has 7 heteroatoms. The molecule has 2 aromatic rings. The Bertz CT molecular complexity index is 926. The molecular weight excluding hydrogens is 376 g/mol. The van der Waals surface area contributed by atoms with Gasteiger partial charge in [-0.1, -0.05) is 24.3 Å². The topological polar surface area (TPSA) is 75.7 Å². The van der Waals surface area contributed by atoms with Crippen molar-refractivity contribution in [2.75, 3.05) is 23.7 Å². The summed E-state index contributed by atoms with van der Waals surface area (Å²) in [5, 5.41) is 3.01. The van der Waals surface area contributed by atoms with Gasteiger partial charge in [-0.15, -0.1) is 0 Å². The van der Waals surface area contributed by atoms with Gasteiger partial charge in [0.2, 0.25) is 15.9 Å². The van der Waals surface area contributed by atoms with Gasteiger partial charge < -0.3 is 10.1 Å². The third kappa shape index (κ3) is 4.84. The lowest BCUT2D eigenvalue weighted by Crippen LogP contribution is -2.42. The zero-order chi connectivity index (χ0) is 20.1. The van der Waals surface area contributed by atoms with Gasteiger partial charge in [0, 0.05) is 0 Å². The second kappa shape index (κ2) is 8.65. The van der Waals surface area contributed by atoms with E-state index in [1.165, 1.54) is 5.56 Å². The number of nitrogens with zero attached hydrogens (tertiary/aromatic N) is 1. The highest BCUT2D eigenvalue weighted by atomic mass is 32.2. The maximum Gasteiger partial charge on any atom is 0.241 e. The van der Waals surface area contributed by atoms with Crippen LogP contribution in [-0.2, 0) is 21.2 Å². The van der Waals surface area contributed by atoms with Gasteiger partial charge in [0.25, 0.3) is 0 Å². The number of ether oxygens (including phenoxy) is 1. The lowest BCUT2D eigenvalue weighted by Gasteiger charge is -2.28. The first-order valence-corrected chi connectivity index (χ1v) is 11.3. The van der Waals surface area contributed by atoms with Gasteiger partial charge in [-0.3, -0.25) is 9.10 Å².